The van der Waals surface area contributed by atoms with Gasteiger partial charge in [-0.3, -0.25) is 4.79 Å². The molecule has 5 saturated carbocycles. The third kappa shape index (κ3) is 4.36. The van der Waals surface area contributed by atoms with Crippen LogP contribution in [-0.2, 0) is 9.53 Å². The summed E-state index contributed by atoms with van der Waals surface area (Å²) in [4.78, 5) is 26.2. The third-order valence-electron chi connectivity index (χ3n) is 9.65. The first kappa shape index (κ1) is 25.9. The fourth-order valence-corrected chi connectivity index (χ4v) is 8.08. The maximum atomic E-state index is 15.4. The number of ether oxygens (including phenoxy) is 2. The molecule has 2 atom stereocenters. The van der Waals surface area contributed by atoms with Gasteiger partial charge in [0.2, 0.25) is 0 Å². The van der Waals surface area contributed by atoms with Crippen molar-refractivity contribution in [2.75, 3.05) is 20.3 Å². The number of β-amino-alcohol motifs (C(OH)–C–C–N with tert-alkyl or cyclic N) is 1. The highest BCUT2D eigenvalue weighted by Crippen LogP contribution is 2.60. The van der Waals surface area contributed by atoms with Crippen LogP contribution in [0.4, 0.5) is 17.6 Å². The van der Waals surface area contributed by atoms with Crippen LogP contribution >= 0.6 is 0 Å². The van der Waals surface area contributed by atoms with Gasteiger partial charge in [-0.05, 0) is 86.7 Å². The summed E-state index contributed by atoms with van der Waals surface area (Å²) in [6.07, 6.45) is 2.80. The summed E-state index contributed by atoms with van der Waals surface area (Å²) in [7, 11) is 0.984. The molecule has 1 heterocycles. The summed E-state index contributed by atoms with van der Waals surface area (Å²) in [5, 5.41) is 10.2. The van der Waals surface area contributed by atoms with Crippen molar-refractivity contribution in [2.24, 2.45) is 23.2 Å². The van der Waals surface area contributed by atoms with Crippen LogP contribution in [0.2, 0.25) is 0 Å². The summed E-state index contributed by atoms with van der Waals surface area (Å²) in [5.74, 6) is -0.435. The molecular formula is C28H33F4NO5. The van der Waals surface area contributed by atoms with Crippen LogP contribution in [0.5, 0.6) is 5.75 Å². The number of methoxy groups -OCH3 is 1. The number of halogens is 4. The van der Waals surface area contributed by atoms with Gasteiger partial charge in [-0.2, -0.15) is 13.2 Å². The zero-order valence-corrected chi connectivity index (χ0v) is 21.4. The third-order valence-corrected chi connectivity index (χ3v) is 9.65. The van der Waals surface area contributed by atoms with Crippen LogP contribution in [0, 0.1) is 29.0 Å². The predicted octanol–water partition coefficient (Wildman–Crippen LogP) is 4.98. The highest BCUT2D eigenvalue weighted by Gasteiger charge is 2.62. The Balaban J connectivity index is 1.26. The number of esters is 1. The fraction of sp³-hybridized carbons (Fsp3) is 0.714. The van der Waals surface area contributed by atoms with Crippen molar-refractivity contribution in [3.05, 3.63) is 29.1 Å². The molecule has 4 bridgehead atoms. The minimum Gasteiger partial charge on any atom is -0.493 e. The summed E-state index contributed by atoms with van der Waals surface area (Å²) in [6.45, 7) is -0.685. The van der Waals surface area contributed by atoms with E-state index in [0.29, 0.717) is 22.8 Å². The van der Waals surface area contributed by atoms with Crippen LogP contribution in [0.25, 0.3) is 0 Å². The number of rotatable bonds is 6. The molecule has 6 fully saturated rings. The monoisotopic (exact) mass is 539 g/mol. The first-order valence-electron chi connectivity index (χ1n) is 13.5. The Morgan fingerprint density at radius 2 is 1.66 bits per heavy atom. The number of carbonyl (C=O) groups excluding carboxylic acids is 2. The quantitative estimate of drug-likeness (QED) is 0.408. The second-order valence-corrected chi connectivity index (χ2v) is 12.6. The van der Waals surface area contributed by atoms with Crippen LogP contribution in [0.15, 0.2) is 12.1 Å². The first-order valence-corrected chi connectivity index (χ1v) is 13.5. The van der Waals surface area contributed by atoms with E-state index in [-0.39, 0.29) is 11.3 Å². The van der Waals surface area contributed by atoms with E-state index in [4.69, 9.17) is 4.74 Å². The van der Waals surface area contributed by atoms with Crippen LogP contribution < -0.4 is 4.74 Å². The first-order chi connectivity index (χ1) is 17.9. The van der Waals surface area contributed by atoms with Gasteiger partial charge in [0.05, 0.1) is 25.8 Å². The second-order valence-electron chi connectivity index (χ2n) is 12.6. The maximum Gasteiger partial charge on any atom is 0.419 e. The van der Waals surface area contributed by atoms with E-state index in [2.05, 4.69) is 4.74 Å². The number of likely N-dealkylation sites (tertiary alicyclic amines) is 1. The van der Waals surface area contributed by atoms with E-state index >= 15 is 4.39 Å². The fourth-order valence-electron chi connectivity index (χ4n) is 8.08. The van der Waals surface area contributed by atoms with E-state index in [9.17, 15) is 27.9 Å². The van der Waals surface area contributed by atoms with Crippen molar-refractivity contribution < 1.29 is 41.7 Å². The number of aliphatic hydroxyl groups is 1. The summed E-state index contributed by atoms with van der Waals surface area (Å²) in [6, 6.07) is 0.847. The van der Waals surface area contributed by atoms with Crippen molar-refractivity contribution in [2.45, 2.75) is 81.5 Å². The largest absolute Gasteiger partial charge is 0.493 e. The minimum atomic E-state index is -5.08. The normalized spacial score (nSPS) is 36.0. The topological polar surface area (TPSA) is 76.1 Å². The molecule has 1 amide bonds. The average Bonchev–Trinajstić information content (AvgIpc) is 3.61. The maximum absolute atomic E-state index is 15.4. The Labute approximate surface area is 218 Å². The predicted molar refractivity (Wildman–Crippen MR) is 127 cm³/mol. The lowest BCUT2D eigenvalue weighted by atomic mass is 9.50. The SMILES string of the molecule is COC(=O)C1CC(O)(C(F)(F)F)CN1C(=O)c1cc(C2CC2)c(OCC23CC4CC(CC(C4)C2)C3)cc1F. The number of nitrogens with zero attached hydrogens (tertiary/aromatic N) is 1. The van der Waals surface area contributed by atoms with Crippen molar-refractivity contribution in [1.29, 1.82) is 0 Å². The van der Waals surface area contributed by atoms with Gasteiger partial charge in [-0.25, -0.2) is 9.18 Å². The van der Waals surface area contributed by atoms with Crippen LogP contribution in [-0.4, -0.2) is 60.0 Å². The highest BCUT2D eigenvalue weighted by atomic mass is 19.4. The Hall–Kier alpha value is -2.36. The van der Waals surface area contributed by atoms with Gasteiger partial charge in [0.25, 0.3) is 5.91 Å². The van der Waals surface area contributed by atoms with E-state index in [1.54, 1.807) is 0 Å². The van der Waals surface area contributed by atoms with Crippen molar-refractivity contribution in [3.63, 3.8) is 0 Å². The van der Waals surface area contributed by atoms with E-state index in [0.717, 1.165) is 57.0 Å². The van der Waals surface area contributed by atoms with Crippen molar-refractivity contribution in [1.82, 2.24) is 4.90 Å². The van der Waals surface area contributed by atoms with Gasteiger partial charge in [0.15, 0.2) is 5.60 Å². The Morgan fingerprint density at radius 1 is 1.05 bits per heavy atom. The molecule has 208 valence electrons. The van der Waals surface area contributed by atoms with Crippen molar-refractivity contribution in [3.8, 4) is 5.75 Å². The number of alkyl halides is 3. The Bertz CT molecular complexity index is 1110. The molecule has 7 rings (SSSR count). The molecule has 38 heavy (non-hydrogen) atoms. The molecule has 0 aromatic heterocycles. The molecule has 1 aliphatic heterocycles. The lowest BCUT2D eigenvalue weighted by molar-refractivity contribution is -0.253. The second kappa shape index (κ2) is 8.83. The average molecular weight is 540 g/mol. The molecule has 2 unspecified atom stereocenters. The molecule has 1 aromatic rings. The van der Waals surface area contributed by atoms with Crippen LogP contribution in [0.3, 0.4) is 0 Å². The zero-order chi connectivity index (χ0) is 27.0. The Kier molecular flexibility index (Phi) is 6.01. The molecule has 5 aliphatic carbocycles. The van der Waals surface area contributed by atoms with Gasteiger partial charge >= 0.3 is 12.1 Å². The smallest absolute Gasteiger partial charge is 0.419 e. The number of amides is 1. The van der Waals surface area contributed by atoms with E-state index < -0.39 is 54.0 Å². The van der Waals surface area contributed by atoms with E-state index in [1.807, 2.05) is 0 Å². The van der Waals surface area contributed by atoms with Gasteiger partial charge in [-0.1, -0.05) is 0 Å². The number of hydrogen-bond donors (Lipinski definition) is 1. The van der Waals surface area contributed by atoms with Gasteiger partial charge in [0.1, 0.15) is 17.6 Å². The standard InChI is InChI=1S/C28H33F4NO5/c1-37-25(35)22-12-27(36,28(30,31)32)13-33(22)24(34)20-7-19(18-2-3-18)23(8-21(20)29)38-14-26-9-15-4-16(10-26)6-17(5-15)11-26/h7-8,15-18,22,36H,2-6,9-14H2,1H3. The van der Waals surface area contributed by atoms with Gasteiger partial charge in [-0.15, -0.1) is 0 Å². The minimum absolute atomic E-state index is 0.0793. The molecule has 1 N–H and O–H groups in total. The summed E-state index contributed by atoms with van der Waals surface area (Å²) >= 11 is 0. The molecule has 6 nitrogen and oxygen atoms in total. The molecule has 1 aromatic carbocycles. The highest BCUT2D eigenvalue weighted by molar-refractivity contribution is 5.98. The zero-order valence-electron chi connectivity index (χ0n) is 21.4. The molecule has 10 heteroatoms. The van der Waals surface area contributed by atoms with Gasteiger partial charge < -0.3 is 19.5 Å². The molecular weight excluding hydrogens is 506 g/mol. The van der Waals surface area contributed by atoms with E-state index in [1.165, 1.54) is 31.4 Å². The molecule has 0 radical (unpaired) electrons. The number of carbonyl (C=O) groups is 2. The molecule has 6 aliphatic rings. The number of hydrogen-bond acceptors (Lipinski definition) is 5. The molecule has 1 saturated heterocycles. The lowest BCUT2D eigenvalue weighted by Gasteiger charge is -2.56. The lowest BCUT2D eigenvalue weighted by Crippen LogP contribution is -2.48. The Morgan fingerprint density at radius 3 is 2.18 bits per heavy atom. The molecule has 0 spiro atoms. The van der Waals surface area contributed by atoms with Gasteiger partial charge in [0, 0.05) is 17.9 Å². The summed E-state index contributed by atoms with van der Waals surface area (Å²) < 4.78 is 67.0. The summed E-state index contributed by atoms with van der Waals surface area (Å²) in [5.41, 5.74) is -2.96. The van der Waals surface area contributed by atoms with Crippen LogP contribution in [0.1, 0.15) is 79.6 Å². The van der Waals surface area contributed by atoms with Crippen molar-refractivity contribution >= 4 is 11.9 Å². The number of benzene rings is 1.